The Balaban J connectivity index is 1.12. The van der Waals surface area contributed by atoms with Crippen LogP contribution < -0.4 is 10.1 Å². The van der Waals surface area contributed by atoms with Gasteiger partial charge in [0.1, 0.15) is 17.9 Å². The van der Waals surface area contributed by atoms with Gasteiger partial charge in [0.15, 0.2) is 0 Å². The van der Waals surface area contributed by atoms with E-state index in [4.69, 9.17) is 16.3 Å². The number of imide groups is 1. The molecule has 4 aliphatic rings. The fourth-order valence-electron chi connectivity index (χ4n) is 6.08. The quantitative estimate of drug-likeness (QED) is 0.623. The first-order valence-corrected chi connectivity index (χ1v) is 13.1. The summed E-state index contributed by atoms with van der Waals surface area (Å²) < 4.78 is 6.53. The Kier molecular flexibility index (Phi) is 6.17. The molecule has 1 aliphatic carbocycles. The number of benzene rings is 1. The second-order valence-electron chi connectivity index (χ2n) is 10.3. The van der Waals surface area contributed by atoms with Crippen molar-refractivity contribution in [1.29, 1.82) is 0 Å². The van der Waals surface area contributed by atoms with E-state index >= 15 is 0 Å². The van der Waals surface area contributed by atoms with Crippen molar-refractivity contribution in [2.45, 2.75) is 69.2 Å². The Bertz CT molecular complexity index is 1210. The average molecular weight is 509 g/mol. The van der Waals surface area contributed by atoms with E-state index in [0.717, 1.165) is 43.7 Å². The number of likely N-dealkylation sites (tertiary alicyclic amines) is 1. The van der Waals surface area contributed by atoms with Crippen LogP contribution in [0.3, 0.4) is 0 Å². The Labute approximate surface area is 214 Å². The standard InChI is InChI=1S/C27H29ClN4O4/c28-19-9-16(11-29-12-19)18-13-31(14-18)22-3-1-2-4-24(22)36-20-5-6-21-17(10-20)15-32(27(21)35)23-7-8-25(33)30-26(23)34/h5-6,9-12,18,22-24H,1-4,7-8,13-15H2,(H,30,33,34)/t22-,23+,24-/m0/s1. The van der Waals surface area contributed by atoms with Crippen molar-refractivity contribution < 1.29 is 19.1 Å². The lowest BCUT2D eigenvalue weighted by Crippen LogP contribution is -2.57. The van der Waals surface area contributed by atoms with Gasteiger partial charge >= 0.3 is 0 Å². The van der Waals surface area contributed by atoms with Gasteiger partial charge in [0.2, 0.25) is 11.8 Å². The molecule has 1 aromatic heterocycles. The van der Waals surface area contributed by atoms with Crippen molar-refractivity contribution in [3.8, 4) is 5.75 Å². The molecule has 3 aliphatic heterocycles. The Hall–Kier alpha value is -2.97. The van der Waals surface area contributed by atoms with Crippen LogP contribution in [0.15, 0.2) is 36.7 Å². The SMILES string of the molecule is O=C1CC[C@@H](N2Cc3cc(O[C@H]4CCCC[C@@H]4N4CC(c5cncc(Cl)c5)C4)ccc3C2=O)C(=O)N1. The maximum atomic E-state index is 13.0. The number of piperidine rings is 1. The number of nitrogens with zero attached hydrogens (tertiary/aromatic N) is 3. The van der Waals surface area contributed by atoms with Gasteiger partial charge in [-0.25, -0.2) is 0 Å². The van der Waals surface area contributed by atoms with Gasteiger partial charge in [0.05, 0.1) is 5.02 Å². The number of hydrogen-bond acceptors (Lipinski definition) is 6. The summed E-state index contributed by atoms with van der Waals surface area (Å²) in [7, 11) is 0. The first-order chi connectivity index (χ1) is 17.5. The third-order valence-corrected chi connectivity index (χ3v) is 8.23. The molecule has 0 unspecified atom stereocenters. The van der Waals surface area contributed by atoms with Gasteiger partial charge in [-0.05, 0) is 61.1 Å². The highest BCUT2D eigenvalue weighted by Gasteiger charge is 2.41. The lowest BCUT2D eigenvalue weighted by Gasteiger charge is -2.48. The predicted octanol–water partition coefficient (Wildman–Crippen LogP) is 3.29. The normalized spacial score (nSPS) is 27.0. The molecule has 4 heterocycles. The molecule has 0 spiro atoms. The Morgan fingerprint density at radius 2 is 1.86 bits per heavy atom. The number of hydrogen-bond donors (Lipinski definition) is 1. The minimum atomic E-state index is -0.608. The zero-order valence-corrected chi connectivity index (χ0v) is 20.7. The van der Waals surface area contributed by atoms with Crippen LogP contribution in [0.1, 0.15) is 65.9 Å². The summed E-state index contributed by atoms with van der Waals surface area (Å²) in [5.41, 5.74) is 2.66. The number of nitrogens with one attached hydrogen (secondary N) is 1. The van der Waals surface area contributed by atoms with Gasteiger partial charge in [0.25, 0.3) is 5.91 Å². The highest BCUT2D eigenvalue weighted by molar-refractivity contribution is 6.30. The summed E-state index contributed by atoms with van der Waals surface area (Å²) >= 11 is 6.13. The van der Waals surface area contributed by atoms with Crippen molar-refractivity contribution in [2.24, 2.45) is 0 Å². The van der Waals surface area contributed by atoms with Crippen molar-refractivity contribution in [3.05, 3.63) is 58.4 Å². The molecule has 0 radical (unpaired) electrons. The number of carbonyl (C=O) groups is 3. The molecule has 1 saturated carbocycles. The van der Waals surface area contributed by atoms with Gasteiger partial charge in [0, 0.05) is 56.0 Å². The third kappa shape index (κ3) is 4.37. The van der Waals surface area contributed by atoms with Crippen molar-refractivity contribution in [3.63, 3.8) is 0 Å². The van der Waals surface area contributed by atoms with Gasteiger partial charge in [-0.3, -0.25) is 29.6 Å². The van der Waals surface area contributed by atoms with E-state index in [9.17, 15) is 14.4 Å². The summed E-state index contributed by atoms with van der Waals surface area (Å²) in [6.07, 6.45) is 8.74. The second kappa shape index (κ2) is 9.48. The largest absolute Gasteiger partial charge is 0.489 e. The van der Waals surface area contributed by atoms with Crippen molar-refractivity contribution in [1.82, 2.24) is 20.1 Å². The van der Waals surface area contributed by atoms with Gasteiger partial charge in [-0.2, -0.15) is 0 Å². The summed E-state index contributed by atoms with van der Waals surface area (Å²) in [4.78, 5) is 45.1. The van der Waals surface area contributed by atoms with E-state index in [1.807, 2.05) is 30.5 Å². The fourth-order valence-corrected chi connectivity index (χ4v) is 6.26. The lowest BCUT2D eigenvalue weighted by atomic mass is 9.85. The number of halogens is 1. The zero-order chi connectivity index (χ0) is 24.8. The van der Waals surface area contributed by atoms with Crippen LogP contribution in [0.2, 0.25) is 5.02 Å². The van der Waals surface area contributed by atoms with E-state index in [1.54, 1.807) is 11.1 Å². The second-order valence-corrected chi connectivity index (χ2v) is 10.8. The smallest absolute Gasteiger partial charge is 0.255 e. The summed E-state index contributed by atoms with van der Waals surface area (Å²) in [5.74, 6) is 0.373. The Morgan fingerprint density at radius 3 is 2.67 bits per heavy atom. The molecular weight excluding hydrogens is 480 g/mol. The molecule has 3 fully saturated rings. The van der Waals surface area contributed by atoms with Crippen LogP contribution in [0.5, 0.6) is 5.75 Å². The number of pyridine rings is 1. The first kappa shape index (κ1) is 23.4. The minimum Gasteiger partial charge on any atom is -0.489 e. The molecule has 1 aromatic carbocycles. The maximum Gasteiger partial charge on any atom is 0.255 e. The number of carbonyl (C=O) groups excluding carboxylic acids is 3. The highest BCUT2D eigenvalue weighted by Crippen LogP contribution is 2.37. The lowest BCUT2D eigenvalue weighted by molar-refractivity contribution is -0.136. The van der Waals surface area contributed by atoms with Crippen LogP contribution >= 0.6 is 11.6 Å². The summed E-state index contributed by atoms with van der Waals surface area (Å²) in [5, 5.41) is 3.03. The fraction of sp³-hybridized carbons (Fsp3) is 0.481. The van der Waals surface area contributed by atoms with Crippen LogP contribution in [0.4, 0.5) is 0 Å². The number of ether oxygens (including phenoxy) is 1. The highest BCUT2D eigenvalue weighted by atomic mass is 35.5. The molecule has 1 N–H and O–H groups in total. The molecule has 9 heteroatoms. The third-order valence-electron chi connectivity index (χ3n) is 8.03. The topological polar surface area (TPSA) is 91.8 Å². The van der Waals surface area contributed by atoms with Crippen molar-refractivity contribution in [2.75, 3.05) is 13.1 Å². The van der Waals surface area contributed by atoms with Crippen molar-refractivity contribution >= 4 is 29.3 Å². The zero-order valence-electron chi connectivity index (χ0n) is 20.0. The van der Waals surface area contributed by atoms with E-state index in [1.165, 1.54) is 12.0 Å². The molecule has 2 aromatic rings. The van der Waals surface area contributed by atoms with Gasteiger partial charge < -0.3 is 9.64 Å². The molecule has 3 amide bonds. The molecule has 3 atom stereocenters. The van der Waals surface area contributed by atoms with E-state index in [0.29, 0.717) is 35.5 Å². The van der Waals surface area contributed by atoms with Gasteiger partial charge in [-0.1, -0.05) is 18.0 Å². The molecule has 188 valence electrons. The minimum absolute atomic E-state index is 0.0959. The molecular formula is C27H29ClN4O4. The van der Waals surface area contributed by atoms with E-state index < -0.39 is 11.9 Å². The van der Waals surface area contributed by atoms with Crippen LogP contribution in [0.25, 0.3) is 0 Å². The van der Waals surface area contributed by atoms with Crippen LogP contribution in [-0.4, -0.2) is 63.8 Å². The average Bonchev–Trinajstić information content (AvgIpc) is 3.15. The molecule has 6 rings (SSSR count). The van der Waals surface area contributed by atoms with Gasteiger partial charge in [-0.15, -0.1) is 0 Å². The van der Waals surface area contributed by atoms with E-state index in [-0.39, 0.29) is 24.3 Å². The molecule has 2 saturated heterocycles. The summed E-state index contributed by atoms with van der Waals surface area (Å²) in [6.45, 7) is 2.31. The summed E-state index contributed by atoms with van der Waals surface area (Å²) in [6, 6.07) is 7.38. The first-order valence-electron chi connectivity index (χ1n) is 12.7. The number of fused-ring (bicyclic) bond motifs is 1. The van der Waals surface area contributed by atoms with E-state index in [2.05, 4.69) is 15.2 Å². The maximum absolute atomic E-state index is 13.0. The molecule has 0 bridgehead atoms. The Morgan fingerprint density at radius 1 is 1.03 bits per heavy atom. The van der Waals surface area contributed by atoms with Crippen LogP contribution in [-0.2, 0) is 16.1 Å². The molecule has 8 nitrogen and oxygen atoms in total. The number of aromatic nitrogens is 1. The van der Waals surface area contributed by atoms with Crippen LogP contribution in [0, 0.1) is 0 Å². The molecule has 36 heavy (non-hydrogen) atoms. The predicted molar refractivity (Wildman–Crippen MR) is 133 cm³/mol. The monoisotopic (exact) mass is 508 g/mol. The number of rotatable bonds is 5. The number of amides is 3.